The molecule has 3 heteroatoms. The van der Waals surface area contributed by atoms with Crippen LogP contribution in [-0.2, 0) is 11.2 Å². The van der Waals surface area contributed by atoms with E-state index in [0.717, 1.165) is 24.1 Å². The molecule has 0 aliphatic heterocycles. The van der Waals surface area contributed by atoms with Gasteiger partial charge < -0.3 is 10.1 Å². The van der Waals surface area contributed by atoms with E-state index in [0.29, 0.717) is 0 Å². The number of aromatic amines is 1. The molecule has 0 radical (unpaired) electrons. The van der Waals surface area contributed by atoms with E-state index in [2.05, 4.69) is 18.0 Å². The van der Waals surface area contributed by atoms with Gasteiger partial charge >= 0.3 is 5.97 Å². The SMILES string of the molecule is Cc1ccc2[nH]c3c(c2c1)CCC3C(=O)O. The Kier molecular flexibility index (Phi) is 1.84. The normalized spacial score (nSPS) is 18.9. The number of nitrogens with one attached hydrogen (secondary N) is 1. The van der Waals surface area contributed by atoms with Crippen LogP contribution < -0.4 is 0 Å². The smallest absolute Gasteiger partial charge is 0.312 e. The largest absolute Gasteiger partial charge is 0.481 e. The standard InChI is InChI=1S/C13H13NO2/c1-7-2-5-11-10(6-7)8-3-4-9(13(15)16)12(8)14-11/h2,5-6,9,14H,3-4H2,1H3,(H,15,16). The summed E-state index contributed by atoms with van der Waals surface area (Å²) >= 11 is 0. The summed E-state index contributed by atoms with van der Waals surface area (Å²) in [4.78, 5) is 14.3. The number of carboxylic acids is 1. The average Bonchev–Trinajstić information content (AvgIpc) is 2.76. The van der Waals surface area contributed by atoms with Gasteiger partial charge in [0.25, 0.3) is 0 Å². The van der Waals surface area contributed by atoms with Crippen molar-refractivity contribution in [3.63, 3.8) is 0 Å². The van der Waals surface area contributed by atoms with Gasteiger partial charge in [0.2, 0.25) is 0 Å². The van der Waals surface area contributed by atoms with Crippen molar-refractivity contribution in [2.45, 2.75) is 25.7 Å². The molecule has 1 atom stereocenters. The first kappa shape index (κ1) is 9.46. The van der Waals surface area contributed by atoms with Gasteiger partial charge in [0, 0.05) is 16.6 Å². The van der Waals surface area contributed by atoms with Crippen LogP contribution in [0, 0.1) is 6.92 Å². The fourth-order valence-corrected chi connectivity index (χ4v) is 2.63. The van der Waals surface area contributed by atoms with Crippen LogP contribution in [-0.4, -0.2) is 16.1 Å². The van der Waals surface area contributed by atoms with E-state index in [1.807, 2.05) is 12.1 Å². The van der Waals surface area contributed by atoms with Gasteiger partial charge in [0.1, 0.15) is 0 Å². The van der Waals surface area contributed by atoms with E-state index in [1.165, 1.54) is 16.5 Å². The lowest BCUT2D eigenvalue weighted by Gasteiger charge is -2.01. The summed E-state index contributed by atoms with van der Waals surface area (Å²) in [6, 6.07) is 6.21. The molecule has 2 N–H and O–H groups in total. The van der Waals surface area contributed by atoms with Gasteiger partial charge in [-0.05, 0) is 37.5 Å². The Hall–Kier alpha value is -1.77. The van der Waals surface area contributed by atoms with Crippen LogP contribution >= 0.6 is 0 Å². The van der Waals surface area contributed by atoms with Crippen molar-refractivity contribution < 1.29 is 9.90 Å². The fourth-order valence-electron chi connectivity index (χ4n) is 2.63. The van der Waals surface area contributed by atoms with Crippen molar-refractivity contribution >= 4 is 16.9 Å². The van der Waals surface area contributed by atoms with Crippen molar-refractivity contribution in [3.05, 3.63) is 35.0 Å². The maximum Gasteiger partial charge on any atom is 0.312 e. The molecule has 1 unspecified atom stereocenters. The minimum absolute atomic E-state index is 0.345. The Morgan fingerprint density at radius 1 is 1.50 bits per heavy atom. The van der Waals surface area contributed by atoms with E-state index < -0.39 is 5.97 Å². The number of aromatic nitrogens is 1. The third kappa shape index (κ3) is 1.18. The van der Waals surface area contributed by atoms with Crippen molar-refractivity contribution in [2.24, 2.45) is 0 Å². The minimum Gasteiger partial charge on any atom is -0.481 e. The van der Waals surface area contributed by atoms with Gasteiger partial charge in [0.05, 0.1) is 5.92 Å². The molecule has 2 aromatic rings. The lowest BCUT2D eigenvalue weighted by Crippen LogP contribution is -2.08. The summed E-state index contributed by atoms with van der Waals surface area (Å²) in [6.45, 7) is 2.06. The Morgan fingerprint density at radius 3 is 3.06 bits per heavy atom. The van der Waals surface area contributed by atoms with Crippen molar-refractivity contribution in [1.82, 2.24) is 4.98 Å². The van der Waals surface area contributed by atoms with Crippen LogP contribution in [0.3, 0.4) is 0 Å². The molecule has 0 amide bonds. The first-order valence-corrected chi connectivity index (χ1v) is 5.50. The van der Waals surface area contributed by atoms with Crippen LogP contribution in [0.2, 0.25) is 0 Å². The first-order chi connectivity index (χ1) is 7.66. The summed E-state index contributed by atoms with van der Waals surface area (Å²) in [5.74, 6) is -1.07. The molecule has 3 nitrogen and oxygen atoms in total. The number of rotatable bonds is 1. The lowest BCUT2D eigenvalue weighted by molar-refractivity contribution is -0.138. The summed E-state index contributed by atoms with van der Waals surface area (Å²) < 4.78 is 0. The second kappa shape index (κ2) is 3.11. The number of aryl methyl sites for hydroxylation is 2. The van der Waals surface area contributed by atoms with E-state index in [1.54, 1.807) is 0 Å². The molecule has 0 spiro atoms. The summed E-state index contributed by atoms with van der Waals surface area (Å²) in [5.41, 5.74) is 4.38. The molecule has 0 fully saturated rings. The van der Waals surface area contributed by atoms with Gasteiger partial charge in [-0.15, -0.1) is 0 Å². The molecule has 1 heterocycles. The highest BCUT2D eigenvalue weighted by Crippen LogP contribution is 2.37. The Balaban J connectivity index is 2.25. The number of hydrogen-bond donors (Lipinski definition) is 2. The predicted octanol–water partition coefficient (Wildman–Crippen LogP) is 2.59. The molecule has 1 aromatic heterocycles. The Bertz CT molecular complexity index is 583. The third-order valence-electron chi connectivity index (χ3n) is 3.42. The molecule has 3 rings (SSSR count). The third-order valence-corrected chi connectivity index (χ3v) is 3.42. The monoisotopic (exact) mass is 215 g/mol. The predicted molar refractivity (Wildman–Crippen MR) is 61.7 cm³/mol. The van der Waals surface area contributed by atoms with Crippen LogP contribution in [0.4, 0.5) is 0 Å². The highest BCUT2D eigenvalue weighted by molar-refractivity contribution is 5.89. The average molecular weight is 215 g/mol. The minimum atomic E-state index is -0.720. The summed E-state index contributed by atoms with van der Waals surface area (Å²) in [5, 5.41) is 10.3. The molecule has 1 aliphatic carbocycles. The van der Waals surface area contributed by atoms with E-state index in [-0.39, 0.29) is 5.92 Å². The summed E-state index contributed by atoms with van der Waals surface area (Å²) in [6.07, 6.45) is 1.59. The highest BCUT2D eigenvalue weighted by Gasteiger charge is 2.31. The van der Waals surface area contributed by atoms with Crippen LogP contribution in [0.15, 0.2) is 18.2 Å². The molecule has 0 saturated heterocycles. The molecule has 82 valence electrons. The van der Waals surface area contributed by atoms with Crippen molar-refractivity contribution in [3.8, 4) is 0 Å². The fraction of sp³-hybridized carbons (Fsp3) is 0.308. The maximum atomic E-state index is 11.1. The number of H-pyrrole nitrogens is 1. The number of fused-ring (bicyclic) bond motifs is 3. The van der Waals surface area contributed by atoms with Gasteiger partial charge in [-0.2, -0.15) is 0 Å². The van der Waals surface area contributed by atoms with Crippen LogP contribution in [0.1, 0.15) is 29.2 Å². The molecule has 1 aliphatic rings. The second-order valence-corrected chi connectivity index (χ2v) is 4.50. The maximum absolute atomic E-state index is 11.1. The molecule has 0 saturated carbocycles. The molecular weight excluding hydrogens is 202 g/mol. The van der Waals surface area contributed by atoms with Gasteiger partial charge in [-0.3, -0.25) is 4.79 Å². The van der Waals surface area contributed by atoms with E-state index in [9.17, 15) is 4.79 Å². The number of benzene rings is 1. The van der Waals surface area contributed by atoms with Crippen LogP contribution in [0.5, 0.6) is 0 Å². The molecular formula is C13H13NO2. The lowest BCUT2D eigenvalue weighted by atomic mass is 10.1. The Labute approximate surface area is 93.1 Å². The van der Waals surface area contributed by atoms with Gasteiger partial charge in [-0.25, -0.2) is 0 Å². The quantitative estimate of drug-likeness (QED) is 0.768. The zero-order valence-corrected chi connectivity index (χ0v) is 9.08. The zero-order valence-electron chi connectivity index (χ0n) is 9.08. The molecule has 0 bridgehead atoms. The highest BCUT2D eigenvalue weighted by atomic mass is 16.4. The molecule has 1 aromatic carbocycles. The number of hydrogen-bond acceptors (Lipinski definition) is 1. The topological polar surface area (TPSA) is 53.1 Å². The van der Waals surface area contributed by atoms with Crippen LogP contribution in [0.25, 0.3) is 10.9 Å². The number of aliphatic carboxylic acids is 1. The second-order valence-electron chi connectivity index (χ2n) is 4.50. The van der Waals surface area contributed by atoms with E-state index >= 15 is 0 Å². The Morgan fingerprint density at radius 2 is 2.31 bits per heavy atom. The number of carboxylic acid groups (broad SMARTS) is 1. The van der Waals surface area contributed by atoms with Crippen molar-refractivity contribution in [1.29, 1.82) is 0 Å². The van der Waals surface area contributed by atoms with E-state index in [4.69, 9.17) is 5.11 Å². The molecule has 16 heavy (non-hydrogen) atoms. The zero-order chi connectivity index (χ0) is 11.3. The number of carbonyl (C=O) groups is 1. The van der Waals surface area contributed by atoms with Gasteiger partial charge in [-0.1, -0.05) is 11.6 Å². The first-order valence-electron chi connectivity index (χ1n) is 5.50. The summed E-state index contributed by atoms with van der Waals surface area (Å²) in [7, 11) is 0. The van der Waals surface area contributed by atoms with Gasteiger partial charge in [0.15, 0.2) is 0 Å². The van der Waals surface area contributed by atoms with Crippen molar-refractivity contribution in [2.75, 3.05) is 0 Å².